The second-order valence-electron chi connectivity index (χ2n) is 5.66. The Morgan fingerprint density at radius 1 is 1.14 bits per heavy atom. The number of alkyl halides is 3. The molecule has 1 fully saturated rings. The Morgan fingerprint density at radius 3 is 2.23 bits per heavy atom. The van der Waals surface area contributed by atoms with Crippen LogP contribution < -0.4 is 0 Å². The second kappa shape index (κ2) is 8.45. The molecular weight excluding hydrogens is 311 g/mol. The predicted molar refractivity (Wildman–Crippen MR) is 85.0 cm³/mol. The summed E-state index contributed by atoms with van der Waals surface area (Å²) in [5.41, 5.74) is 0.405. The molecule has 0 N–H and O–H groups in total. The molecule has 1 aromatic rings. The molecule has 2 rings (SSSR count). The fraction of sp³-hybridized carbons (Fsp3) is 0.529. The van der Waals surface area contributed by atoms with Crippen LogP contribution in [0.4, 0.5) is 13.2 Å². The summed E-state index contributed by atoms with van der Waals surface area (Å²) >= 11 is 0. The van der Waals surface area contributed by atoms with E-state index in [9.17, 15) is 13.2 Å². The van der Waals surface area contributed by atoms with Gasteiger partial charge in [-0.3, -0.25) is 4.90 Å². The van der Waals surface area contributed by atoms with E-state index in [4.69, 9.17) is 6.42 Å². The minimum Gasteiger partial charge on any atom is -0.292 e. The SMILES string of the molecule is C#CCN1CCC(CCc2ccc(C(F)(F)F)cc2)CC1.Cl. The first kappa shape index (κ1) is 18.9. The number of hydrogen-bond donors (Lipinski definition) is 0. The maximum Gasteiger partial charge on any atom is 0.416 e. The first-order valence-corrected chi connectivity index (χ1v) is 7.31. The topological polar surface area (TPSA) is 3.24 Å². The summed E-state index contributed by atoms with van der Waals surface area (Å²) in [4.78, 5) is 2.27. The molecular formula is C17H21ClF3N. The Balaban J connectivity index is 0.00000242. The van der Waals surface area contributed by atoms with Crippen LogP contribution in [-0.2, 0) is 12.6 Å². The minimum atomic E-state index is -4.25. The van der Waals surface area contributed by atoms with Gasteiger partial charge >= 0.3 is 6.18 Å². The molecule has 0 radical (unpaired) electrons. The van der Waals surface area contributed by atoms with Crippen molar-refractivity contribution >= 4 is 12.4 Å². The summed E-state index contributed by atoms with van der Waals surface area (Å²) in [6.45, 7) is 2.77. The van der Waals surface area contributed by atoms with Gasteiger partial charge in [0, 0.05) is 0 Å². The van der Waals surface area contributed by atoms with Crippen molar-refractivity contribution in [3.05, 3.63) is 35.4 Å². The van der Waals surface area contributed by atoms with Crippen molar-refractivity contribution < 1.29 is 13.2 Å². The lowest BCUT2D eigenvalue weighted by atomic mass is 9.90. The lowest BCUT2D eigenvalue weighted by Gasteiger charge is -2.30. The highest BCUT2D eigenvalue weighted by Crippen LogP contribution is 2.29. The molecule has 1 nitrogen and oxygen atoms in total. The van der Waals surface area contributed by atoms with Crippen molar-refractivity contribution in [3.63, 3.8) is 0 Å². The second-order valence-corrected chi connectivity index (χ2v) is 5.66. The standard InChI is InChI=1S/C17H20F3N.ClH/c1-2-11-21-12-9-15(10-13-21)4-3-14-5-7-16(8-6-14)17(18,19)20;/h1,5-8,15H,3-4,9-13H2;1H. The summed E-state index contributed by atoms with van der Waals surface area (Å²) in [5.74, 6) is 3.32. The molecule has 0 spiro atoms. The smallest absolute Gasteiger partial charge is 0.292 e. The quantitative estimate of drug-likeness (QED) is 0.739. The van der Waals surface area contributed by atoms with Crippen LogP contribution in [0, 0.1) is 18.3 Å². The van der Waals surface area contributed by atoms with Gasteiger partial charge in [-0.15, -0.1) is 18.8 Å². The number of terminal acetylenes is 1. The summed E-state index contributed by atoms with van der Waals surface area (Å²) in [7, 11) is 0. The zero-order chi connectivity index (χ0) is 15.3. The summed E-state index contributed by atoms with van der Waals surface area (Å²) in [6.07, 6.45) is 5.19. The van der Waals surface area contributed by atoms with Gasteiger partial charge in [-0.05, 0) is 62.4 Å². The van der Waals surface area contributed by atoms with Crippen molar-refractivity contribution in [2.75, 3.05) is 19.6 Å². The summed E-state index contributed by atoms with van der Waals surface area (Å²) in [6, 6.07) is 5.53. The van der Waals surface area contributed by atoms with E-state index in [0.717, 1.165) is 44.3 Å². The highest BCUT2D eigenvalue weighted by molar-refractivity contribution is 5.85. The van der Waals surface area contributed by atoms with Crippen LogP contribution in [0.25, 0.3) is 0 Å². The van der Waals surface area contributed by atoms with E-state index in [-0.39, 0.29) is 12.4 Å². The number of nitrogens with zero attached hydrogens (tertiary/aromatic N) is 1. The Labute approximate surface area is 136 Å². The Hall–Kier alpha value is -1.18. The fourth-order valence-electron chi connectivity index (χ4n) is 2.79. The molecule has 22 heavy (non-hydrogen) atoms. The third-order valence-corrected chi connectivity index (χ3v) is 4.14. The molecule has 0 unspecified atom stereocenters. The lowest BCUT2D eigenvalue weighted by Crippen LogP contribution is -2.34. The number of hydrogen-bond acceptors (Lipinski definition) is 1. The molecule has 0 bridgehead atoms. The maximum absolute atomic E-state index is 12.5. The Kier molecular flexibility index (Phi) is 7.25. The van der Waals surface area contributed by atoms with Crippen LogP contribution in [0.1, 0.15) is 30.4 Å². The number of rotatable bonds is 4. The molecule has 5 heteroatoms. The van der Waals surface area contributed by atoms with E-state index in [2.05, 4.69) is 10.8 Å². The maximum atomic E-state index is 12.5. The molecule has 1 aromatic carbocycles. The first-order valence-electron chi connectivity index (χ1n) is 7.31. The first-order chi connectivity index (χ1) is 9.99. The van der Waals surface area contributed by atoms with Crippen molar-refractivity contribution in [2.24, 2.45) is 5.92 Å². The van der Waals surface area contributed by atoms with Gasteiger partial charge in [0.15, 0.2) is 0 Å². The van der Waals surface area contributed by atoms with Gasteiger partial charge in [-0.2, -0.15) is 13.2 Å². The fourth-order valence-corrected chi connectivity index (χ4v) is 2.79. The normalized spacial score (nSPS) is 16.8. The van der Waals surface area contributed by atoms with Crippen LogP contribution in [0.15, 0.2) is 24.3 Å². The van der Waals surface area contributed by atoms with E-state index in [0.29, 0.717) is 12.5 Å². The van der Waals surface area contributed by atoms with Gasteiger partial charge in [0.2, 0.25) is 0 Å². The Bertz CT molecular complexity index is 482. The van der Waals surface area contributed by atoms with Gasteiger partial charge in [-0.25, -0.2) is 0 Å². The number of halogens is 4. The molecule has 1 saturated heterocycles. The summed E-state index contributed by atoms with van der Waals surface area (Å²) in [5, 5.41) is 0. The van der Waals surface area contributed by atoms with Crippen molar-refractivity contribution in [2.45, 2.75) is 31.9 Å². The molecule has 122 valence electrons. The zero-order valence-electron chi connectivity index (χ0n) is 12.4. The molecule has 0 aliphatic carbocycles. The van der Waals surface area contributed by atoms with E-state index in [1.807, 2.05) is 0 Å². The van der Waals surface area contributed by atoms with E-state index >= 15 is 0 Å². The molecule has 0 amide bonds. The van der Waals surface area contributed by atoms with Gasteiger partial charge < -0.3 is 0 Å². The highest BCUT2D eigenvalue weighted by atomic mass is 35.5. The van der Waals surface area contributed by atoms with E-state index in [1.54, 1.807) is 12.1 Å². The molecule has 0 atom stereocenters. The van der Waals surface area contributed by atoms with E-state index < -0.39 is 11.7 Å². The zero-order valence-corrected chi connectivity index (χ0v) is 13.2. The van der Waals surface area contributed by atoms with Crippen molar-refractivity contribution in [1.82, 2.24) is 4.90 Å². The predicted octanol–water partition coefficient (Wildman–Crippen LogP) is 4.41. The van der Waals surface area contributed by atoms with Crippen LogP contribution in [0.5, 0.6) is 0 Å². The average Bonchev–Trinajstić information content (AvgIpc) is 2.46. The number of likely N-dealkylation sites (tertiary alicyclic amines) is 1. The van der Waals surface area contributed by atoms with Gasteiger partial charge in [0.25, 0.3) is 0 Å². The average molecular weight is 332 g/mol. The third-order valence-electron chi connectivity index (χ3n) is 4.14. The largest absolute Gasteiger partial charge is 0.416 e. The van der Waals surface area contributed by atoms with Gasteiger partial charge in [0.1, 0.15) is 0 Å². The number of aryl methyl sites for hydroxylation is 1. The number of benzene rings is 1. The third kappa shape index (κ3) is 5.55. The van der Waals surface area contributed by atoms with Crippen molar-refractivity contribution in [1.29, 1.82) is 0 Å². The van der Waals surface area contributed by atoms with Crippen LogP contribution >= 0.6 is 12.4 Å². The van der Waals surface area contributed by atoms with Gasteiger partial charge in [0.05, 0.1) is 12.1 Å². The minimum absolute atomic E-state index is 0. The lowest BCUT2D eigenvalue weighted by molar-refractivity contribution is -0.137. The summed E-state index contributed by atoms with van der Waals surface area (Å²) < 4.78 is 37.4. The van der Waals surface area contributed by atoms with E-state index in [1.165, 1.54) is 12.1 Å². The van der Waals surface area contributed by atoms with Gasteiger partial charge in [-0.1, -0.05) is 18.1 Å². The highest BCUT2D eigenvalue weighted by Gasteiger charge is 2.29. The molecule has 0 aromatic heterocycles. The molecule has 1 aliphatic heterocycles. The van der Waals surface area contributed by atoms with Crippen LogP contribution in [-0.4, -0.2) is 24.5 Å². The monoisotopic (exact) mass is 331 g/mol. The molecule has 1 heterocycles. The van der Waals surface area contributed by atoms with Crippen molar-refractivity contribution in [3.8, 4) is 12.3 Å². The van der Waals surface area contributed by atoms with Crippen LogP contribution in [0.3, 0.4) is 0 Å². The van der Waals surface area contributed by atoms with Crippen LogP contribution in [0.2, 0.25) is 0 Å². The molecule has 0 saturated carbocycles. The number of piperidine rings is 1. The molecule has 1 aliphatic rings. The Morgan fingerprint density at radius 2 is 1.73 bits per heavy atom.